The molecule has 3 atom stereocenters. The Morgan fingerprint density at radius 1 is 1.34 bits per heavy atom. The normalized spacial score (nSPS) is 24.0. The molecule has 1 aromatic heterocycles. The van der Waals surface area contributed by atoms with Gasteiger partial charge in [-0.3, -0.25) is 19.4 Å². The van der Waals surface area contributed by atoms with Crippen molar-refractivity contribution in [2.45, 2.75) is 52.1 Å². The van der Waals surface area contributed by atoms with Crippen LogP contribution < -0.4 is 0 Å². The lowest BCUT2D eigenvalue weighted by molar-refractivity contribution is -0.149. The average Bonchev–Trinajstić information content (AvgIpc) is 3.05. The third-order valence-corrected chi connectivity index (χ3v) is 6.10. The van der Waals surface area contributed by atoms with Crippen molar-refractivity contribution in [1.29, 1.82) is 0 Å². The summed E-state index contributed by atoms with van der Waals surface area (Å²) in [7, 11) is 1.82. The lowest BCUT2D eigenvalue weighted by atomic mass is 9.91. The molecular formula is C22H32N4O3. The molecule has 3 heterocycles. The van der Waals surface area contributed by atoms with Crippen molar-refractivity contribution in [1.82, 2.24) is 19.7 Å². The Hall–Kier alpha value is -2.44. The molecule has 0 spiro atoms. The topological polar surface area (TPSA) is 73.8 Å². The number of fused-ring (bicyclic) bond motifs is 1. The molecule has 0 unspecified atom stereocenters. The van der Waals surface area contributed by atoms with Gasteiger partial charge in [0.15, 0.2) is 0 Å². The summed E-state index contributed by atoms with van der Waals surface area (Å²) in [5.41, 5.74) is 0.842. The highest BCUT2D eigenvalue weighted by Crippen LogP contribution is 2.37. The second-order valence-electron chi connectivity index (χ2n) is 8.66. The summed E-state index contributed by atoms with van der Waals surface area (Å²) in [5, 5.41) is 0. The number of piperazine rings is 1. The van der Waals surface area contributed by atoms with Gasteiger partial charge in [0.25, 0.3) is 0 Å². The summed E-state index contributed by atoms with van der Waals surface area (Å²) < 4.78 is 0. The molecule has 1 aromatic rings. The Bertz CT molecular complexity index is 752. The first-order valence-corrected chi connectivity index (χ1v) is 10.5. The number of rotatable bonds is 6. The minimum atomic E-state index is -0.190. The second-order valence-corrected chi connectivity index (χ2v) is 8.66. The monoisotopic (exact) mass is 400 g/mol. The Morgan fingerprint density at radius 2 is 2.10 bits per heavy atom. The van der Waals surface area contributed by atoms with Gasteiger partial charge in [-0.1, -0.05) is 19.9 Å². The minimum absolute atomic E-state index is 0.0408. The molecule has 2 saturated heterocycles. The lowest BCUT2D eigenvalue weighted by Crippen LogP contribution is -2.58. The molecule has 2 aliphatic rings. The van der Waals surface area contributed by atoms with Gasteiger partial charge < -0.3 is 14.7 Å². The first-order chi connectivity index (χ1) is 13.8. The molecule has 3 rings (SSSR count). The van der Waals surface area contributed by atoms with Gasteiger partial charge in [-0.05, 0) is 37.3 Å². The summed E-state index contributed by atoms with van der Waals surface area (Å²) in [4.78, 5) is 48.2. The molecule has 158 valence electrons. The van der Waals surface area contributed by atoms with E-state index in [4.69, 9.17) is 0 Å². The molecular weight excluding hydrogens is 368 g/mol. The molecule has 0 bridgehead atoms. The Kier molecular flexibility index (Phi) is 6.55. The van der Waals surface area contributed by atoms with E-state index >= 15 is 0 Å². The van der Waals surface area contributed by atoms with E-state index in [1.165, 1.54) is 0 Å². The van der Waals surface area contributed by atoms with Crippen LogP contribution in [0.3, 0.4) is 0 Å². The van der Waals surface area contributed by atoms with E-state index in [0.29, 0.717) is 25.4 Å². The van der Waals surface area contributed by atoms with Gasteiger partial charge >= 0.3 is 0 Å². The van der Waals surface area contributed by atoms with Gasteiger partial charge in [0.05, 0.1) is 24.9 Å². The van der Waals surface area contributed by atoms with Crippen LogP contribution in [0.4, 0.5) is 0 Å². The first kappa shape index (κ1) is 21.3. The highest BCUT2D eigenvalue weighted by Gasteiger charge is 2.50. The SMILES string of the molecule is CCN(C)C(=O)[C@H]1C[C@H]2CN(C(=O)Cc3cccnc3)CC(=O)N2[C@H]1CC(C)C. The van der Waals surface area contributed by atoms with Crippen LogP contribution in [0.2, 0.25) is 0 Å². The zero-order valence-electron chi connectivity index (χ0n) is 17.9. The maximum absolute atomic E-state index is 13.0. The van der Waals surface area contributed by atoms with Crippen LogP contribution in [0.5, 0.6) is 0 Å². The van der Waals surface area contributed by atoms with Crippen LogP contribution in [0.15, 0.2) is 24.5 Å². The summed E-state index contributed by atoms with van der Waals surface area (Å²) >= 11 is 0. The van der Waals surface area contributed by atoms with Crippen LogP contribution in [0.1, 0.15) is 39.2 Å². The quantitative estimate of drug-likeness (QED) is 0.727. The van der Waals surface area contributed by atoms with Crippen molar-refractivity contribution in [2.24, 2.45) is 11.8 Å². The highest BCUT2D eigenvalue weighted by atomic mass is 16.2. The van der Waals surface area contributed by atoms with Crippen LogP contribution in [0.25, 0.3) is 0 Å². The zero-order valence-corrected chi connectivity index (χ0v) is 17.9. The van der Waals surface area contributed by atoms with Crippen LogP contribution in [-0.2, 0) is 20.8 Å². The molecule has 0 saturated carbocycles. The Labute approximate surface area is 173 Å². The van der Waals surface area contributed by atoms with Gasteiger partial charge in [0.1, 0.15) is 0 Å². The Morgan fingerprint density at radius 3 is 2.72 bits per heavy atom. The molecule has 0 N–H and O–H groups in total. The summed E-state index contributed by atoms with van der Waals surface area (Å²) in [6.07, 6.45) is 5.03. The van der Waals surface area contributed by atoms with Crippen LogP contribution in [-0.4, -0.2) is 76.2 Å². The van der Waals surface area contributed by atoms with E-state index in [2.05, 4.69) is 18.8 Å². The molecule has 29 heavy (non-hydrogen) atoms. The van der Waals surface area contributed by atoms with Gasteiger partial charge in [0, 0.05) is 38.6 Å². The Balaban J connectivity index is 1.76. The van der Waals surface area contributed by atoms with Gasteiger partial charge in [-0.2, -0.15) is 0 Å². The number of hydrogen-bond acceptors (Lipinski definition) is 4. The van der Waals surface area contributed by atoms with Crippen molar-refractivity contribution < 1.29 is 14.4 Å². The number of aromatic nitrogens is 1. The van der Waals surface area contributed by atoms with Crippen molar-refractivity contribution in [3.63, 3.8) is 0 Å². The fraction of sp³-hybridized carbons (Fsp3) is 0.636. The summed E-state index contributed by atoms with van der Waals surface area (Å²) in [6.45, 7) is 7.45. The number of carbonyl (C=O) groups is 3. The average molecular weight is 401 g/mol. The maximum atomic E-state index is 13.0. The van der Waals surface area contributed by atoms with Crippen molar-refractivity contribution in [3.8, 4) is 0 Å². The van der Waals surface area contributed by atoms with E-state index in [1.807, 2.05) is 24.9 Å². The largest absolute Gasteiger partial charge is 0.346 e. The third-order valence-electron chi connectivity index (χ3n) is 6.10. The smallest absolute Gasteiger partial charge is 0.242 e. The molecule has 3 amide bonds. The van der Waals surface area contributed by atoms with Crippen LogP contribution in [0, 0.1) is 11.8 Å². The van der Waals surface area contributed by atoms with E-state index in [9.17, 15) is 14.4 Å². The first-order valence-electron chi connectivity index (χ1n) is 10.5. The number of nitrogens with zero attached hydrogens (tertiary/aromatic N) is 4. The molecule has 7 nitrogen and oxygen atoms in total. The summed E-state index contributed by atoms with van der Waals surface area (Å²) in [6, 6.07) is 3.51. The minimum Gasteiger partial charge on any atom is -0.346 e. The number of pyridine rings is 1. The third kappa shape index (κ3) is 4.60. The van der Waals surface area contributed by atoms with Gasteiger partial charge in [0.2, 0.25) is 17.7 Å². The molecule has 0 aliphatic carbocycles. The highest BCUT2D eigenvalue weighted by molar-refractivity contribution is 5.89. The molecule has 0 aromatic carbocycles. The van der Waals surface area contributed by atoms with Crippen LogP contribution >= 0.6 is 0 Å². The fourth-order valence-electron chi connectivity index (χ4n) is 4.59. The molecule has 7 heteroatoms. The molecule has 0 radical (unpaired) electrons. The second kappa shape index (κ2) is 8.93. The van der Waals surface area contributed by atoms with Crippen molar-refractivity contribution >= 4 is 17.7 Å². The molecule has 2 aliphatic heterocycles. The van der Waals surface area contributed by atoms with Gasteiger partial charge in [-0.15, -0.1) is 0 Å². The fourth-order valence-corrected chi connectivity index (χ4v) is 4.59. The predicted molar refractivity (Wildman–Crippen MR) is 110 cm³/mol. The van der Waals surface area contributed by atoms with E-state index in [1.54, 1.807) is 28.3 Å². The lowest BCUT2D eigenvalue weighted by Gasteiger charge is -2.40. The van der Waals surface area contributed by atoms with E-state index < -0.39 is 0 Å². The van der Waals surface area contributed by atoms with E-state index in [0.717, 1.165) is 12.0 Å². The standard InChI is InChI=1S/C22H32N4O3/c1-5-24(4)22(29)18-11-17-13-25(20(27)10-16-7-6-8-23-12-16)14-21(28)26(17)19(18)9-15(2)3/h6-8,12,15,17-19H,5,9-11,13-14H2,1-4H3/t17-,18-,19-/m0/s1. The number of carbonyl (C=O) groups excluding carboxylic acids is 3. The van der Waals surface area contributed by atoms with Crippen molar-refractivity contribution in [2.75, 3.05) is 26.7 Å². The molecule has 2 fully saturated rings. The predicted octanol–water partition coefficient (Wildman–Crippen LogP) is 1.58. The van der Waals surface area contributed by atoms with Crippen molar-refractivity contribution in [3.05, 3.63) is 30.1 Å². The zero-order chi connectivity index (χ0) is 21.1. The van der Waals surface area contributed by atoms with E-state index in [-0.39, 0.29) is 48.7 Å². The maximum Gasteiger partial charge on any atom is 0.242 e. The summed E-state index contributed by atoms with van der Waals surface area (Å²) in [5.74, 6) is 0.199. The number of hydrogen-bond donors (Lipinski definition) is 0. The number of amides is 3. The van der Waals surface area contributed by atoms with Gasteiger partial charge in [-0.25, -0.2) is 0 Å².